The van der Waals surface area contributed by atoms with Crippen molar-refractivity contribution in [3.63, 3.8) is 0 Å². The number of anilines is 1. The molecule has 0 aliphatic heterocycles. The number of ether oxygens (including phenoxy) is 1. The van der Waals surface area contributed by atoms with Crippen molar-refractivity contribution in [2.45, 2.75) is 32.9 Å². The Morgan fingerprint density at radius 1 is 1.17 bits per heavy atom. The van der Waals surface area contributed by atoms with E-state index in [9.17, 15) is 13.2 Å². The number of rotatable bonds is 8. The molecule has 1 unspecified atom stereocenters. The lowest BCUT2D eigenvalue weighted by molar-refractivity contribution is -0.131. The molecule has 158 valence electrons. The number of carbonyl (C=O) groups is 1. The molecule has 2 rings (SSSR count). The summed E-state index contributed by atoms with van der Waals surface area (Å²) in [5, 5.41) is 0.449. The minimum Gasteiger partial charge on any atom is -0.497 e. The molecule has 0 aliphatic rings. The maximum Gasteiger partial charge on any atom is 0.246 e. The number of methoxy groups -OCH3 is 1. The monoisotopic (exact) mass is 438 g/mol. The van der Waals surface area contributed by atoms with Gasteiger partial charge in [-0.2, -0.15) is 0 Å². The maximum atomic E-state index is 13.2. The van der Waals surface area contributed by atoms with Crippen LogP contribution in [0, 0.1) is 6.92 Å². The van der Waals surface area contributed by atoms with Gasteiger partial charge in [0.15, 0.2) is 0 Å². The van der Waals surface area contributed by atoms with Crippen molar-refractivity contribution in [2.75, 3.05) is 24.7 Å². The molecule has 0 heterocycles. The zero-order valence-corrected chi connectivity index (χ0v) is 18.9. The summed E-state index contributed by atoms with van der Waals surface area (Å²) < 4.78 is 31.5. The van der Waals surface area contributed by atoms with Crippen molar-refractivity contribution in [3.05, 3.63) is 58.6 Å². The Morgan fingerprint density at radius 3 is 2.28 bits per heavy atom. The number of hydrogen-bond acceptors (Lipinski definition) is 4. The third-order valence-electron chi connectivity index (χ3n) is 4.68. The van der Waals surface area contributed by atoms with Gasteiger partial charge in [-0.3, -0.25) is 9.10 Å². The number of benzene rings is 2. The van der Waals surface area contributed by atoms with Gasteiger partial charge in [0, 0.05) is 18.6 Å². The van der Waals surface area contributed by atoms with Crippen LogP contribution in [-0.2, 0) is 21.4 Å². The minimum absolute atomic E-state index is 0.287. The van der Waals surface area contributed by atoms with E-state index < -0.39 is 16.1 Å². The summed E-state index contributed by atoms with van der Waals surface area (Å²) in [6.45, 7) is 3.98. The molecular weight excluding hydrogens is 412 g/mol. The molecule has 0 radical (unpaired) electrons. The summed E-state index contributed by atoms with van der Waals surface area (Å²) >= 11 is 6.20. The van der Waals surface area contributed by atoms with Crippen LogP contribution >= 0.6 is 11.6 Å². The van der Waals surface area contributed by atoms with Crippen LogP contribution in [0.1, 0.15) is 24.5 Å². The second-order valence-electron chi connectivity index (χ2n) is 6.96. The number of sulfonamides is 1. The van der Waals surface area contributed by atoms with Gasteiger partial charge in [-0.15, -0.1) is 0 Å². The zero-order valence-electron chi connectivity index (χ0n) is 17.3. The Labute approximate surface area is 178 Å². The number of carbonyl (C=O) groups excluding carboxylic acids is 1. The highest BCUT2D eigenvalue weighted by atomic mass is 35.5. The van der Waals surface area contributed by atoms with Gasteiger partial charge in [-0.25, -0.2) is 8.42 Å². The number of likely N-dealkylation sites (N-methyl/N-ethyl adjacent to an activating group) is 1. The van der Waals surface area contributed by atoms with Crippen LogP contribution in [0.2, 0.25) is 5.02 Å². The summed E-state index contributed by atoms with van der Waals surface area (Å²) in [6, 6.07) is 11.5. The molecule has 6 nitrogen and oxygen atoms in total. The minimum atomic E-state index is -3.71. The third-order valence-corrected chi connectivity index (χ3v) is 6.26. The standard InChI is InChI=1S/C21H27ClN2O4S/c1-6-20(21(25)23(3)14-16-8-11-18(28-4)12-9-16)24(29(5,26)27)17-10-7-15(2)19(22)13-17/h7-13,20H,6,14H2,1-5H3. The second-order valence-corrected chi connectivity index (χ2v) is 9.23. The molecule has 1 atom stereocenters. The first-order valence-electron chi connectivity index (χ1n) is 9.22. The molecule has 0 saturated carbocycles. The van der Waals surface area contributed by atoms with Gasteiger partial charge in [-0.05, 0) is 48.7 Å². The van der Waals surface area contributed by atoms with Crippen molar-refractivity contribution in [2.24, 2.45) is 0 Å². The number of aryl methyl sites for hydroxylation is 1. The summed E-state index contributed by atoms with van der Waals surface area (Å²) in [7, 11) is -0.453. The lowest BCUT2D eigenvalue weighted by atomic mass is 10.1. The van der Waals surface area contributed by atoms with Crippen LogP contribution in [0.3, 0.4) is 0 Å². The van der Waals surface area contributed by atoms with E-state index in [-0.39, 0.29) is 5.91 Å². The Hall–Kier alpha value is -2.25. The van der Waals surface area contributed by atoms with E-state index in [1.54, 1.807) is 39.3 Å². The van der Waals surface area contributed by atoms with Crippen LogP contribution in [0.25, 0.3) is 0 Å². The predicted molar refractivity (Wildman–Crippen MR) is 117 cm³/mol. The zero-order chi connectivity index (χ0) is 21.8. The van der Waals surface area contributed by atoms with Crippen molar-refractivity contribution >= 4 is 33.2 Å². The summed E-state index contributed by atoms with van der Waals surface area (Å²) in [4.78, 5) is 14.7. The summed E-state index contributed by atoms with van der Waals surface area (Å²) in [5.41, 5.74) is 2.13. The Balaban J connectivity index is 2.32. The van der Waals surface area contributed by atoms with Gasteiger partial charge in [-0.1, -0.05) is 36.7 Å². The molecule has 8 heteroatoms. The highest BCUT2D eigenvalue weighted by Crippen LogP contribution is 2.28. The molecule has 0 N–H and O–H groups in total. The van der Waals surface area contributed by atoms with Crippen LogP contribution in [0.4, 0.5) is 5.69 Å². The SMILES string of the molecule is CCC(C(=O)N(C)Cc1ccc(OC)cc1)N(c1ccc(C)c(Cl)c1)S(C)(=O)=O. The first-order chi connectivity index (χ1) is 13.6. The number of nitrogens with zero attached hydrogens (tertiary/aromatic N) is 2. The molecule has 29 heavy (non-hydrogen) atoms. The van der Waals surface area contributed by atoms with Crippen LogP contribution < -0.4 is 9.04 Å². The van der Waals surface area contributed by atoms with Crippen molar-refractivity contribution in [3.8, 4) is 5.75 Å². The molecule has 0 bridgehead atoms. The highest BCUT2D eigenvalue weighted by Gasteiger charge is 2.33. The molecule has 2 aromatic carbocycles. The lowest BCUT2D eigenvalue weighted by Crippen LogP contribution is -2.49. The van der Waals surface area contributed by atoms with E-state index in [0.29, 0.717) is 23.7 Å². The van der Waals surface area contributed by atoms with E-state index in [2.05, 4.69) is 0 Å². The van der Waals surface area contributed by atoms with E-state index >= 15 is 0 Å². The molecule has 0 fully saturated rings. The largest absolute Gasteiger partial charge is 0.497 e. The first kappa shape index (κ1) is 23.0. The van der Waals surface area contributed by atoms with E-state index in [4.69, 9.17) is 16.3 Å². The van der Waals surface area contributed by atoms with Crippen LogP contribution in [0.5, 0.6) is 5.75 Å². The van der Waals surface area contributed by atoms with Gasteiger partial charge in [0.1, 0.15) is 11.8 Å². The smallest absolute Gasteiger partial charge is 0.246 e. The molecule has 0 saturated heterocycles. The number of hydrogen-bond donors (Lipinski definition) is 0. The van der Waals surface area contributed by atoms with Crippen molar-refractivity contribution < 1.29 is 17.9 Å². The highest BCUT2D eigenvalue weighted by molar-refractivity contribution is 7.92. The van der Waals surface area contributed by atoms with E-state index in [1.165, 1.54) is 4.90 Å². The lowest BCUT2D eigenvalue weighted by Gasteiger charge is -2.33. The van der Waals surface area contributed by atoms with Gasteiger partial charge < -0.3 is 9.64 Å². The molecule has 0 aliphatic carbocycles. The van der Waals surface area contributed by atoms with E-state index in [1.807, 2.05) is 31.2 Å². The van der Waals surface area contributed by atoms with Gasteiger partial charge in [0.05, 0.1) is 19.1 Å². The van der Waals surface area contributed by atoms with E-state index in [0.717, 1.165) is 27.4 Å². The quantitative estimate of drug-likeness (QED) is 0.627. The molecular formula is C21H27ClN2O4S. The molecule has 0 spiro atoms. The Morgan fingerprint density at radius 2 is 1.79 bits per heavy atom. The van der Waals surface area contributed by atoms with Gasteiger partial charge >= 0.3 is 0 Å². The summed E-state index contributed by atoms with van der Waals surface area (Å²) in [6.07, 6.45) is 1.42. The number of amides is 1. The third kappa shape index (κ3) is 5.64. The normalized spacial score (nSPS) is 12.3. The summed E-state index contributed by atoms with van der Waals surface area (Å²) in [5.74, 6) is 0.444. The first-order valence-corrected chi connectivity index (χ1v) is 11.4. The molecule has 0 aromatic heterocycles. The van der Waals surface area contributed by atoms with Crippen LogP contribution in [-0.4, -0.2) is 45.7 Å². The average Bonchev–Trinajstić information content (AvgIpc) is 2.67. The molecule has 1 amide bonds. The topological polar surface area (TPSA) is 66.9 Å². The maximum absolute atomic E-state index is 13.2. The van der Waals surface area contributed by atoms with Gasteiger partial charge in [0.25, 0.3) is 0 Å². The van der Waals surface area contributed by atoms with Crippen LogP contribution in [0.15, 0.2) is 42.5 Å². The fourth-order valence-electron chi connectivity index (χ4n) is 3.10. The predicted octanol–water partition coefficient (Wildman–Crippen LogP) is 3.86. The number of halogens is 1. The van der Waals surface area contributed by atoms with Crippen molar-refractivity contribution in [1.82, 2.24) is 4.90 Å². The molecule has 2 aromatic rings. The Bertz CT molecular complexity index is 961. The van der Waals surface area contributed by atoms with Crippen molar-refractivity contribution in [1.29, 1.82) is 0 Å². The average molecular weight is 439 g/mol. The second kappa shape index (κ2) is 9.50. The fourth-order valence-corrected chi connectivity index (χ4v) is 4.47. The van der Waals surface area contributed by atoms with Gasteiger partial charge in [0.2, 0.25) is 15.9 Å². The Kier molecular flexibility index (Phi) is 7.54. The fraction of sp³-hybridized carbons (Fsp3) is 0.381.